The van der Waals surface area contributed by atoms with Gasteiger partial charge in [0.25, 0.3) is 0 Å². The predicted octanol–water partition coefficient (Wildman–Crippen LogP) is 20.0. The number of unbranched alkanes of at least 4 members (excludes halogenated alkanes) is 1. The maximum absolute atomic E-state index is 10.2. The van der Waals surface area contributed by atoms with E-state index >= 15 is 0 Å². The smallest absolute Gasteiger partial charge is 0.324 e. The van der Waals surface area contributed by atoms with Crippen LogP contribution in [0.1, 0.15) is 71.6 Å². The van der Waals surface area contributed by atoms with E-state index in [1.165, 1.54) is 55.8 Å². The van der Waals surface area contributed by atoms with Crippen molar-refractivity contribution < 1.29 is 38.9 Å². The van der Waals surface area contributed by atoms with Gasteiger partial charge in [-0.25, -0.2) is 0 Å². The summed E-state index contributed by atoms with van der Waals surface area (Å²) in [5, 5.41) is 19.8. The van der Waals surface area contributed by atoms with Gasteiger partial charge in [-0.05, 0) is 246 Å². The summed E-state index contributed by atoms with van der Waals surface area (Å²) < 4.78 is 13.1. The van der Waals surface area contributed by atoms with E-state index < -0.39 is 29.1 Å². The Morgan fingerprint density at radius 1 is 0.494 bits per heavy atom. The number of aliphatic hydroxyl groups is 2. The molecule has 0 amide bonds. The summed E-state index contributed by atoms with van der Waals surface area (Å²) in [6.07, 6.45) is 6.56. The van der Waals surface area contributed by atoms with E-state index in [9.17, 15) is 10.2 Å². The molecule has 2 N–H and O–H groups in total. The molecule has 0 fully saturated rings. The fourth-order valence-electron chi connectivity index (χ4n) is 11.2. The maximum atomic E-state index is 10.2. The molecule has 11 heteroatoms. The monoisotopic (exact) mass is 1390 g/mol. The Bertz CT molecular complexity index is 3590. The SMILES string of the molecule is CO[Si](C)(CCCCC(O)CC(C)O)O[Si](C)(C)CCc1ccc(N(c2cccc(C)c2)c2ccc(-c3ccc(N(c4cccc(C)c4)c4cccc(C)c4)c(C)c3)cc2C)cc1C.[Ir].[c-]1ccccc1-c1ccccn1.[c-]1ccccc1-c1ccccn1. The molecule has 10 aromatic rings. The molecule has 3 atom stereocenters. The third kappa shape index (κ3) is 20.3. The third-order valence-electron chi connectivity index (χ3n) is 15.8. The second-order valence-corrected chi connectivity index (χ2v) is 32.0. The maximum Gasteiger partial charge on any atom is 0.324 e. The Kier molecular flexibility index (Phi) is 25.9. The van der Waals surface area contributed by atoms with Crippen LogP contribution in [0, 0.1) is 53.7 Å². The fourth-order valence-corrected chi connectivity index (χ4v) is 19.0. The van der Waals surface area contributed by atoms with E-state index in [2.05, 4.69) is 220 Å². The molecule has 8 nitrogen and oxygen atoms in total. The number of rotatable bonds is 22. The quantitative estimate of drug-likeness (QED) is 0.0394. The molecule has 3 unspecified atom stereocenters. The molecule has 1 radical (unpaired) electrons. The molecule has 8 aromatic carbocycles. The number of aliphatic hydroxyl groups excluding tert-OH is 2. The second kappa shape index (κ2) is 33.4. The summed E-state index contributed by atoms with van der Waals surface area (Å²) in [7, 11) is -2.64. The van der Waals surface area contributed by atoms with Crippen molar-refractivity contribution in [3.63, 3.8) is 0 Å². The van der Waals surface area contributed by atoms with Crippen molar-refractivity contribution in [2.45, 2.75) is 125 Å². The zero-order chi connectivity index (χ0) is 62.6. The summed E-state index contributed by atoms with van der Waals surface area (Å²) in [5.74, 6) is 0. The molecule has 0 saturated carbocycles. The van der Waals surface area contributed by atoms with Crippen molar-refractivity contribution >= 4 is 51.0 Å². The van der Waals surface area contributed by atoms with Gasteiger partial charge in [0.15, 0.2) is 8.32 Å². The minimum Gasteiger partial charge on any atom is -0.436 e. The van der Waals surface area contributed by atoms with Crippen molar-refractivity contribution in [3.05, 3.63) is 276 Å². The van der Waals surface area contributed by atoms with E-state index in [-0.39, 0.29) is 20.1 Å². The van der Waals surface area contributed by atoms with Crippen LogP contribution in [0.4, 0.5) is 34.1 Å². The van der Waals surface area contributed by atoms with Crippen LogP contribution in [0.5, 0.6) is 0 Å². The first-order valence-corrected chi connectivity index (χ1v) is 36.5. The Balaban J connectivity index is 0.000000368. The summed E-state index contributed by atoms with van der Waals surface area (Å²) in [4.78, 5) is 13.2. The molecular formula is C78H88IrN4O4Si2-2. The molecule has 10 rings (SSSR count). The molecule has 2 aromatic heterocycles. The molecule has 2 heterocycles. The van der Waals surface area contributed by atoms with Crippen LogP contribution in [0.2, 0.25) is 31.7 Å². The molecule has 0 aliphatic carbocycles. The Labute approximate surface area is 547 Å². The molecule has 0 spiro atoms. The topological polar surface area (TPSA) is 91.2 Å². The number of hydrogen-bond acceptors (Lipinski definition) is 8. The van der Waals surface area contributed by atoms with Crippen LogP contribution >= 0.6 is 0 Å². The zero-order valence-corrected chi connectivity index (χ0v) is 58.2. The first-order chi connectivity index (χ1) is 42.4. The van der Waals surface area contributed by atoms with E-state index in [1.807, 2.05) is 84.9 Å². The number of nitrogens with zero attached hydrogens (tertiary/aromatic N) is 4. The minimum absolute atomic E-state index is 0. The molecule has 0 bridgehead atoms. The van der Waals surface area contributed by atoms with Gasteiger partial charge in [0, 0.05) is 73.7 Å². The van der Waals surface area contributed by atoms with Gasteiger partial charge in [-0.1, -0.05) is 91.7 Å². The number of pyridine rings is 2. The Morgan fingerprint density at radius 3 is 1.36 bits per heavy atom. The number of benzene rings is 8. The van der Waals surface area contributed by atoms with Crippen LogP contribution in [-0.4, -0.2) is 56.4 Å². The number of aromatic nitrogens is 2. The molecule has 89 heavy (non-hydrogen) atoms. The van der Waals surface area contributed by atoms with Crippen LogP contribution < -0.4 is 9.80 Å². The van der Waals surface area contributed by atoms with Gasteiger partial charge in [0.2, 0.25) is 0 Å². The summed E-state index contributed by atoms with van der Waals surface area (Å²) >= 11 is 0. The zero-order valence-electron chi connectivity index (χ0n) is 53.8. The van der Waals surface area contributed by atoms with Crippen molar-refractivity contribution in [1.29, 1.82) is 0 Å². The molecule has 0 aliphatic heterocycles. The molecule has 0 aliphatic rings. The van der Waals surface area contributed by atoms with Crippen LogP contribution in [0.3, 0.4) is 0 Å². The minimum atomic E-state index is -2.37. The van der Waals surface area contributed by atoms with Crippen molar-refractivity contribution in [2.24, 2.45) is 0 Å². The predicted molar refractivity (Wildman–Crippen MR) is 373 cm³/mol. The van der Waals surface area contributed by atoms with E-state index in [1.54, 1.807) is 26.4 Å². The largest absolute Gasteiger partial charge is 0.436 e. The molecule has 0 saturated heterocycles. The summed E-state index contributed by atoms with van der Waals surface area (Å²) in [6, 6.07) is 82.5. The van der Waals surface area contributed by atoms with Gasteiger partial charge in [-0.3, -0.25) is 0 Å². The Hall–Kier alpha value is -7.42. The van der Waals surface area contributed by atoms with Gasteiger partial charge in [0.1, 0.15) is 0 Å². The van der Waals surface area contributed by atoms with Gasteiger partial charge in [-0.15, -0.1) is 71.8 Å². The number of aryl methyl sites for hydroxylation is 7. The van der Waals surface area contributed by atoms with Crippen LogP contribution in [-0.2, 0) is 35.1 Å². The fraction of sp³-hybridized carbons (Fsp3) is 0.256. The van der Waals surface area contributed by atoms with Crippen molar-refractivity contribution in [1.82, 2.24) is 9.97 Å². The number of hydrogen-bond donors (Lipinski definition) is 2. The van der Waals surface area contributed by atoms with Gasteiger partial charge >= 0.3 is 8.56 Å². The first kappa shape index (κ1) is 69.1. The van der Waals surface area contributed by atoms with Crippen LogP contribution in [0.25, 0.3) is 33.6 Å². The van der Waals surface area contributed by atoms with Gasteiger partial charge < -0.3 is 38.5 Å². The average Bonchev–Trinajstić information content (AvgIpc) is 2.54. The molecule has 463 valence electrons. The van der Waals surface area contributed by atoms with E-state index in [0.29, 0.717) is 12.8 Å². The first-order valence-electron chi connectivity index (χ1n) is 30.9. The number of anilines is 6. The van der Waals surface area contributed by atoms with Gasteiger partial charge in [-0.2, -0.15) is 0 Å². The van der Waals surface area contributed by atoms with Crippen molar-refractivity contribution in [2.75, 3.05) is 16.9 Å². The summed E-state index contributed by atoms with van der Waals surface area (Å²) in [6.45, 7) is 21.7. The third-order valence-corrected chi connectivity index (χ3v) is 23.3. The van der Waals surface area contributed by atoms with E-state index in [0.717, 1.165) is 82.3 Å². The molecular weight excluding hydrogens is 1310 g/mol. The van der Waals surface area contributed by atoms with Gasteiger partial charge in [0.05, 0.1) is 12.2 Å². The van der Waals surface area contributed by atoms with E-state index in [4.69, 9.17) is 8.54 Å². The second-order valence-electron chi connectivity index (χ2n) is 24.0. The summed E-state index contributed by atoms with van der Waals surface area (Å²) in [5.41, 5.74) is 22.0. The van der Waals surface area contributed by atoms with Crippen LogP contribution in [0.15, 0.2) is 225 Å². The van der Waals surface area contributed by atoms with Crippen molar-refractivity contribution in [3.8, 4) is 33.6 Å². The normalized spacial score (nSPS) is 12.4. The standard InChI is InChI=1S/C56H72N2O4Si2.2C11H8N.Ir/c1-40-17-14-20-50(33-40)57(51-21-15-18-41(2)34-51)55-28-25-48(36-44(55)5)49-26-29-56(45(6)37-49)58(52-22-16-19-42(3)35-52)53-27-24-47(43(4)38-53)30-32-63(9,10)62-64(11,61-8)31-13-12-23-54(60)39-46(7)59;2*1-2-6-10(7-3-1)11-8-4-5-9-12-11;/h14-22,24-29,33-38,46,54,59-60H,12-13,23,30-32,39H2,1-11H3;2*1-6,8-9H;/q;2*-1;. The average molecular weight is 1390 g/mol. The Morgan fingerprint density at radius 2 is 0.966 bits per heavy atom.